The molecular formula is C18H22N2O3S. The summed E-state index contributed by atoms with van der Waals surface area (Å²) >= 11 is 1.62. The Morgan fingerprint density at radius 1 is 1.21 bits per heavy atom. The maximum absolute atomic E-state index is 12.0. The third-order valence-electron chi connectivity index (χ3n) is 3.97. The van der Waals surface area contributed by atoms with Crippen LogP contribution in [0.5, 0.6) is 11.5 Å². The highest BCUT2D eigenvalue weighted by molar-refractivity contribution is 7.15. The van der Waals surface area contributed by atoms with Crippen LogP contribution in [0.15, 0.2) is 24.3 Å². The Kier molecular flexibility index (Phi) is 5.69. The molecule has 0 saturated carbocycles. The number of hydrogen-bond donors (Lipinski definition) is 1. The van der Waals surface area contributed by atoms with Crippen molar-refractivity contribution in [1.82, 2.24) is 4.98 Å². The molecule has 1 aromatic carbocycles. The van der Waals surface area contributed by atoms with Crippen molar-refractivity contribution in [2.75, 3.05) is 19.0 Å². The maximum Gasteiger partial charge on any atom is 0.226 e. The Balaban J connectivity index is 1.38. The van der Waals surface area contributed by atoms with Gasteiger partial charge in [-0.1, -0.05) is 0 Å². The van der Waals surface area contributed by atoms with Crippen LogP contribution in [0.25, 0.3) is 0 Å². The molecule has 0 fully saturated rings. The number of aryl methyl sites for hydroxylation is 2. The van der Waals surface area contributed by atoms with E-state index in [-0.39, 0.29) is 5.91 Å². The van der Waals surface area contributed by atoms with Crippen molar-refractivity contribution in [2.24, 2.45) is 0 Å². The third kappa shape index (κ3) is 4.47. The van der Waals surface area contributed by atoms with Gasteiger partial charge in [-0.05, 0) is 56.4 Å². The van der Waals surface area contributed by atoms with Gasteiger partial charge in [0.2, 0.25) is 5.91 Å². The minimum absolute atomic E-state index is 0.000530. The Morgan fingerprint density at radius 3 is 2.71 bits per heavy atom. The normalized spacial score (nSPS) is 13.2. The molecule has 0 saturated heterocycles. The minimum atomic E-state index is -0.000530. The molecule has 0 aliphatic heterocycles. The molecule has 3 rings (SSSR count). The maximum atomic E-state index is 12.0. The van der Waals surface area contributed by atoms with Crippen LogP contribution in [-0.4, -0.2) is 24.6 Å². The Hall–Kier alpha value is -2.08. The summed E-state index contributed by atoms with van der Waals surface area (Å²) in [7, 11) is 1.63. The van der Waals surface area contributed by atoms with Gasteiger partial charge in [0.1, 0.15) is 11.5 Å². The molecular weight excluding hydrogens is 324 g/mol. The van der Waals surface area contributed by atoms with Crippen LogP contribution in [0.1, 0.15) is 36.3 Å². The number of amides is 1. The van der Waals surface area contributed by atoms with E-state index in [2.05, 4.69) is 10.3 Å². The first kappa shape index (κ1) is 16.8. The van der Waals surface area contributed by atoms with Gasteiger partial charge >= 0.3 is 0 Å². The number of fused-ring (bicyclic) bond motifs is 1. The number of benzene rings is 1. The fourth-order valence-corrected chi connectivity index (χ4v) is 3.75. The van der Waals surface area contributed by atoms with E-state index >= 15 is 0 Å². The highest BCUT2D eigenvalue weighted by Crippen LogP contribution is 2.29. The zero-order valence-corrected chi connectivity index (χ0v) is 14.7. The summed E-state index contributed by atoms with van der Waals surface area (Å²) in [5, 5.41) is 3.65. The smallest absolute Gasteiger partial charge is 0.226 e. The predicted octanol–water partition coefficient (Wildman–Crippen LogP) is 3.83. The number of carbonyl (C=O) groups is 1. The topological polar surface area (TPSA) is 60.5 Å². The summed E-state index contributed by atoms with van der Waals surface area (Å²) in [6, 6.07) is 7.43. The highest BCUT2D eigenvalue weighted by atomic mass is 32.1. The Morgan fingerprint density at radius 2 is 1.96 bits per heavy atom. The second-order valence-electron chi connectivity index (χ2n) is 5.77. The molecule has 1 aliphatic rings. The molecule has 1 aliphatic carbocycles. The number of nitrogens with one attached hydrogen (secondary N) is 1. The molecule has 5 nitrogen and oxygen atoms in total. The van der Waals surface area contributed by atoms with E-state index in [4.69, 9.17) is 9.47 Å². The molecule has 1 amide bonds. The van der Waals surface area contributed by atoms with Crippen LogP contribution in [0.3, 0.4) is 0 Å². The number of nitrogens with zero attached hydrogens (tertiary/aromatic N) is 1. The van der Waals surface area contributed by atoms with E-state index in [0.29, 0.717) is 19.4 Å². The van der Waals surface area contributed by atoms with Crippen LogP contribution < -0.4 is 14.8 Å². The molecule has 0 unspecified atom stereocenters. The van der Waals surface area contributed by atoms with Gasteiger partial charge in [-0.2, -0.15) is 0 Å². The zero-order valence-electron chi connectivity index (χ0n) is 13.8. The van der Waals surface area contributed by atoms with Gasteiger partial charge in [0, 0.05) is 11.3 Å². The lowest BCUT2D eigenvalue weighted by Crippen LogP contribution is -2.12. The van der Waals surface area contributed by atoms with Crippen molar-refractivity contribution in [1.29, 1.82) is 0 Å². The molecule has 1 N–H and O–H groups in total. The van der Waals surface area contributed by atoms with Crippen LogP contribution in [-0.2, 0) is 17.6 Å². The summed E-state index contributed by atoms with van der Waals surface area (Å²) in [6.07, 6.45) is 5.66. The second kappa shape index (κ2) is 8.15. The monoisotopic (exact) mass is 346 g/mol. The molecule has 2 aromatic rings. The quantitative estimate of drug-likeness (QED) is 0.774. The van der Waals surface area contributed by atoms with Crippen molar-refractivity contribution in [3.63, 3.8) is 0 Å². The summed E-state index contributed by atoms with van der Waals surface area (Å²) in [6.45, 7) is 0.508. The summed E-state index contributed by atoms with van der Waals surface area (Å²) in [5.41, 5.74) is 1.17. The number of anilines is 1. The molecule has 24 heavy (non-hydrogen) atoms. The zero-order chi connectivity index (χ0) is 16.8. The summed E-state index contributed by atoms with van der Waals surface area (Å²) in [5.74, 6) is 1.58. The van der Waals surface area contributed by atoms with Crippen molar-refractivity contribution >= 4 is 22.4 Å². The molecule has 1 aromatic heterocycles. The molecule has 128 valence electrons. The van der Waals surface area contributed by atoms with Crippen molar-refractivity contribution in [2.45, 2.75) is 38.5 Å². The molecule has 0 spiro atoms. The Bertz CT molecular complexity index is 659. The average Bonchev–Trinajstić information content (AvgIpc) is 3.01. The molecule has 1 heterocycles. The largest absolute Gasteiger partial charge is 0.497 e. The first-order valence-electron chi connectivity index (χ1n) is 8.30. The standard InChI is InChI=1S/C18H22N2O3S/c1-22-13-8-10-14(11-9-13)23-12-4-7-17(21)20-18-19-15-5-2-3-6-16(15)24-18/h8-11H,2-7,12H2,1H3,(H,19,20,21). The number of methoxy groups -OCH3 is 1. The lowest BCUT2D eigenvalue weighted by Gasteiger charge is -2.07. The second-order valence-corrected chi connectivity index (χ2v) is 6.86. The number of aromatic nitrogens is 1. The lowest BCUT2D eigenvalue weighted by atomic mass is 10.0. The van der Waals surface area contributed by atoms with E-state index in [1.165, 1.54) is 23.4 Å². The Labute approximate surface area is 146 Å². The number of thiazole rings is 1. The summed E-state index contributed by atoms with van der Waals surface area (Å²) in [4.78, 5) is 17.9. The number of ether oxygens (including phenoxy) is 2. The molecule has 6 heteroatoms. The van der Waals surface area contributed by atoms with Crippen molar-refractivity contribution in [3.05, 3.63) is 34.8 Å². The first-order chi connectivity index (χ1) is 11.7. The van der Waals surface area contributed by atoms with Crippen LogP contribution >= 0.6 is 11.3 Å². The van der Waals surface area contributed by atoms with E-state index in [0.717, 1.165) is 29.5 Å². The van der Waals surface area contributed by atoms with E-state index < -0.39 is 0 Å². The first-order valence-corrected chi connectivity index (χ1v) is 9.11. The van der Waals surface area contributed by atoms with E-state index in [9.17, 15) is 4.79 Å². The number of carbonyl (C=O) groups excluding carboxylic acids is 1. The van der Waals surface area contributed by atoms with Crippen molar-refractivity contribution < 1.29 is 14.3 Å². The van der Waals surface area contributed by atoms with Gasteiger partial charge < -0.3 is 14.8 Å². The van der Waals surface area contributed by atoms with Crippen LogP contribution in [0.2, 0.25) is 0 Å². The fraction of sp³-hybridized carbons (Fsp3) is 0.444. The van der Waals surface area contributed by atoms with Crippen LogP contribution in [0, 0.1) is 0 Å². The summed E-state index contributed by atoms with van der Waals surface area (Å²) < 4.78 is 10.7. The van der Waals surface area contributed by atoms with Gasteiger partial charge in [0.25, 0.3) is 0 Å². The third-order valence-corrected chi connectivity index (χ3v) is 5.04. The van der Waals surface area contributed by atoms with Gasteiger partial charge in [-0.15, -0.1) is 11.3 Å². The van der Waals surface area contributed by atoms with Gasteiger partial charge in [-0.25, -0.2) is 4.98 Å². The SMILES string of the molecule is COc1ccc(OCCCC(=O)Nc2nc3c(s2)CCCC3)cc1. The number of rotatable bonds is 7. The van der Waals surface area contributed by atoms with E-state index in [1.54, 1.807) is 18.4 Å². The van der Waals surface area contributed by atoms with Gasteiger partial charge in [0.05, 0.1) is 19.4 Å². The lowest BCUT2D eigenvalue weighted by molar-refractivity contribution is -0.116. The fourth-order valence-electron chi connectivity index (χ4n) is 2.68. The van der Waals surface area contributed by atoms with Gasteiger partial charge in [-0.3, -0.25) is 4.79 Å². The average molecular weight is 346 g/mol. The molecule has 0 radical (unpaired) electrons. The predicted molar refractivity (Wildman–Crippen MR) is 95.1 cm³/mol. The van der Waals surface area contributed by atoms with Crippen molar-refractivity contribution in [3.8, 4) is 11.5 Å². The van der Waals surface area contributed by atoms with Crippen LogP contribution in [0.4, 0.5) is 5.13 Å². The van der Waals surface area contributed by atoms with E-state index in [1.807, 2.05) is 24.3 Å². The molecule has 0 atom stereocenters. The molecule has 0 bridgehead atoms. The van der Waals surface area contributed by atoms with Gasteiger partial charge in [0.15, 0.2) is 5.13 Å². The number of hydrogen-bond acceptors (Lipinski definition) is 5. The highest BCUT2D eigenvalue weighted by Gasteiger charge is 2.16. The minimum Gasteiger partial charge on any atom is -0.497 e.